The summed E-state index contributed by atoms with van der Waals surface area (Å²) in [6.45, 7) is 0. The lowest BCUT2D eigenvalue weighted by Gasteiger charge is -2.12. The zero-order chi connectivity index (χ0) is 12.8. The molecular weight excluding hydrogens is 224 g/mol. The Morgan fingerprint density at radius 2 is 2.00 bits per heavy atom. The molecule has 0 spiro atoms. The Morgan fingerprint density at radius 1 is 1.17 bits per heavy atom. The normalized spacial score (nSPS) is 18.8. The van der Waals surface area contributed by atoms with Crippen LogP contribution in [0.15, 0.2) is 54.3 Å². The Balaban J connectivity index is 2.11. The van der Waals surface area contributed by atoms with Crippen LogP contribution in [0, 0.1) is 5.92 Å². The summed E-state index contributed by atoms with van der Waals surface area (Å²) in [6.07, 6.45) is 11.6. The van der Waals surface area contributed by atoms with Crippen molar-refractivity contribution >= 4 is 6.08 Å². The van der Waals surface area contributed by atoms with E-state index in [1.807, 2.05) is 24.3 Å². The summed E-state index contributed by atoms with van der Waals surface area (Å²) in [6, 6.07) is 8.01. The standard InChI is InChI=1S/C16H18O2/c1-17-15-8-5-6-13(12-15)10-11-14-7-3-4-9-16(14)18-2/h3-5,7-13H,6H2,1-2H3/b11-10+. The van der Waals surface area contributed by atoms with Gasteiger partial charge in [-0.1, -0.05) is 36.4 Å². The molecule has 1 aromatic carbocycles. The van der Waals surface area contributed by atoms with Crippen LogP contribution in [0.3, 0.4) is 0 Å². The van der Waals surface area contributed by atoms with Crippen LogP contribution in [-0.2, 0) is 4.74 Å². The van der Waals surface area contributed by atoms with Crippen LogP contribution in [0.1, 0.15) is 12.0 Å². The molecule has 0 heterocycles. The van der Waals surface area contributed by atoms with E-state index in [4.69, 9.17) is 9.47 Å². The molecule has 0 N–H and O–H groups in total. The molecule has 18 heavy (non-hydrogen) atoms. The largest absolute Gasteiger partial charge is 0.497 e. The maximum absolute atomic E-state index is 5.32. The summed E-state index contributed by atoms with van der Waals surface area (Å²) in [7, 11) is 3.39. The van der Waals surface area contributed by atoms with Gasteiger partial charge in [-0.2, -0.15) is 0 Å². The van der Waals surface area contributed by atoms with Gasteiger partial charge >= 0.3 is 0 Å². The van der Waals surface area contributed by atoms with Crippen LogP contribution in [-0.4, -0.2) is 14.2 Å². The fourth-order valence-electron chi connectivity index (χ4n) is 1.98. The van der Waals surface area contributed by atoms with Crippen molar-refractivity contribution in [3.05, 3.63) is 59.9 Å². The maximum atomic E-state index is 5.32. The number of hydrogen-bond donors (Lipinski definition) is 0. The second-order valence-corrected chi connectivity index (χ2v) is 4.18. The van der Waals surface area contributed by atoms with Gasteiger partial charge in [0.25, 0.3) is 0 Å². The Kier molecular flexibility index (Phi) is 4.24. The number of hydrogen-bond acceptors (Lipinski definition) is 2. The van der Waals surface area contributed by atoms with E-state index in [1.54, 1.807) is 14.2 Å². The van der Waals surface area contributed by atoms with Crippen LogP contribution < -0.4 is 4.74 Å². The van der Waals surface area contributed by atoms with Crippen molar-refractivity contribution in [1.29, 1.82) is 0 Å². The smallest absolute Gasteiger partial charge is 0.126 e. The molecule has 0 saturated heterocycles. The lowest BCUT2D eigenvalue weighted by atomic mass is 9.98. The van der Waals surface area contributed by atoms with Crippen LogP contribution in [0.25, 0.3) is 6.08 Å². The highest BCUT2D eigenvalue weighted by Gasteiger charge is 2.06. The maximum Gasteiger partial charge on any atom is 0.126 e. The van der Waals surface area contributed by atoms with Crippen molar-refractivity contribution in [3.63, 3.8) is 0 Å². The second kappa shape index (κ2) is 6.10. The highest BCUT2D eigenvalue weighted by molar-refractivity contribution is 5.57. The van der Waals surface area contributed by atoms with Gasteiger partial charge < -0.3 is 9.47 Å². The van der Waals surface area contributed by atoms with Crippen molar-refractivity contribution in [3.8, 4) is 5.75 Å². The number of ether oxygens (including phenoxy) is 2. The van der Waals surface area contributed by atoms with E-state index in [9.17, 15) is 0 Å². The fraction of sp³-hybridized carbons (Fsp3) is 0.250. The third-order valence-corrected chi connectivity index (χ3v) is 2.97. The molecular formula is C16H18O2. The molecule has 1 unspecified atom stereocenters. The van der Waals surface area contributed by atoms with Gasteiger partial charge in [0, 0.05) is 11.5 Å². The van der Waals surface area contributed by atoms with Gasteiger partial charge in [0.15, 0.2) is 0 Å². The average molecular weight is 242 g/mol. The lowest BCUT2D eigenvalue weighted by Crippen LogP contribution is -1.98. The first-order valence-electron chi connectivity index (χ1n) is 6.07. The molecule has 0 saturated carbocycles. The third-order valence-electron chi connectivity index (χ3n) is 2.97. The Morgan fingerprint density at radius 3 is 2.78 bits per heavy atom. The highest BCUT2D eigenvalue weighted by atomic mass is 16.5. The van der Waals surface area contributed by atoms with Crippen molar-refractivity contribution in [2.24, 2.45) is 5.92 Å². The predicted octanol–water partition coefficient (Wildman–Crippen LogP) is 3.81. The highest BCUT2D eigenvalue weighted by Crippen LogP contribution is 2.23. The number of benzene rings is 1. The molecule has 2 rings (SSSR count). The van der Waals surface area contributed by atoms with Crippen molar-refractivity contribution in [1.82, 2.24) is 0 Å². The molecule has 2 nitrogen and oxygen atoms in total. The monoisotopic (exact) mass is 242 g/mol. The molecule has 2 heteroatoms. The van der Waals surface area contributed by atoms with Gasteiger partial charge in [0.05, 0.1) is 14.2 Å². The van der Waals surface area contributed by atoms with E-state index in [-0.39, 0.29) is 0 Å². The number of rotatable bonds is 4. The quantitative estimate of drug-likeness (QED) is 0.799. The molecule has 94 valence electrons. The minimum absolute atomic E-state index is 0.384. The zero-order valence-electron chi connectivity index (χ0n) is 10.8. The van der Waals surface area contributed by atoms with Crippen molar-refractivity contribution in [2.75, 3.05) is 14.2 Å². The van der Waals surface area contributed by atoms with E-state index in [1.165, 1.54) is 0 Å². The predicted molar refractivity (Wildman–Crippen MR) is 74.4 cm³/mol. The SMILES string of the molecule is COC1=CC(/C=C/c2ccccc2OC)CC=C1. The second-order valence-electron chi connectivity index (χ2n) is 4.18. The summed E-state index contributed by atoms with van der Waals surface area (Å²) in [4.78, 5) is 0. The van der Waals surface area contributed by atoms with E-state index in [0.717, 1.165) is 23.5 Å². The first-order valence-corrected chi connectivity index (χ1v) is 6.07. The fourth-order valence-corrected chi connectivity index (χ4v) is 1.98. The first-order chi connectivity index (χ1) is 8.83. The van der Waals surface area contributed by atoms with Gasteiger partial charge in [-0.05, 0) is 24.6 Å². The van der Waals surface area contributed by atoms with E-state index in [2.05, 4.69) is 30.4 Å². The van der Waals surface area contributed by atoms with E-state index in [0.29, 0.717) is 5.92 Å². The Bertz CT molecular complexity index is 484. The topological polar surface area (TPSA) is 18.5 Å². The molecule has 1 atom stereocenters. The van der Waals surface area contributed by atoms with Crippen LogP contribution in [0.2, 0.25) is 0 Å². The van der Waals surface area contributed by atoms with Gasteiger partial charge in [-0.25, -0.2) is 0 Å². The average Bonchev–Trinajstić information content (AvgIpc) is 2.45. The van der Waals surface area contributed by atoms with Crippen LogP contribution in [0.4, 0.5) is 0 Å². The summed E-state index contributed by atoms with van der Waals surface area (Å²) in [5.41, 5.74) is 1.10. The molecule has 1 aromatic rings. The summed E-state index contributed by atoms with van der Waals surface area (Å²) >= 11 is 0. The van der Waals surface area contributed by atoms with E-state index >= 15 is 0 Å². The molecule has 0 aromatic heterocycles. The molecule has 0 fully saturated rings. The van der Waals surface area contributed by atoms with Crippen LogP contribution in [0.5, 0.6) is 5.75 Å². The minimum atomic E-state index is 0.384. The zero-order valence-corrected chi connectivity index (χ0v) is 10.8. The third kappa shape index (κ3) is 3.04. The molecule has 1 aliphatic rings. The number of methoxy groups -OCH3 is 2. The summed E-state index contributed by atoms with van der Waals surface area (Å²) < 4.78 is 10.6. The van der Waals surface area contributed by atoms with Gasteiger partial charge in [-0.3, -0.25) is 0 Å². The molecule has 1 aliphatic carbocycles. The van der Waals surface area contributed by atoms with Crippen LogP contribution >= 0.6 is 0 Å². The van der Waals surface area contributed by atoms with Gasteiger partial charge in [0.1, 0.15) is 11.5 Å². The van der Waals surface area contributed by atoms with Crippen molar-refractivity contribution in [2.45, 2.75) is 6.42 Å². The number of para-hydroxylation sites is 1. The molecule has 0 amide bonds. The molecule has 0 radical (unpaired) electrons. The Hall–Kier alpha value is -1.96. The van der Waals surface area contributed by atoms with E-state index < -0.39 is 0 Å². The lowest BCUT2D eigenvalue weighted by molar-refractivity contribution is 0.301. The summed E-state index contributed by atoms with van der Waals surface area (Å²) in [5.74, 6) is 2.21. The first kappa shape index (κ1) is 12.5. The van der Waals surface area contributed by atoms with Gasteiger partial charge in [0.2, 0.25) is 0 Å². The molecule has 0 bridgehead atoms. The van der Waals surface area contributed by atoms with Gasteiger partial charge in [-0.15, -0.1) is 0 Å². The number of allylic oxidation sites excluding steroid dienone is 4. The molecule has 0 aliphatic heterocycles. The van der Waals surface area contributed by atoms with Crippen molar-refractivity contribution < 1.29 is 9.47 Å². The summed E-state index contributed by atoms with van der Waals surface area (Å²) in [5, 5.41) is 0. The Labute approximate surface area is 108 Å². The minimum Gasteiger partial charge on any atom is -0.497 e.